The Hall–Kier alpha value is -0.880. The number of rotatable bonds is 3. The summed E-state index contributed by atoms with van der Waals surface area (Å²) in [4.78, 5) is 22.2. The number of phenolic OH excluding ortho intramolecular Hbond substituents is 1. The highest BCUT2D eigenvalue weighted by Crippen LogP contribution is 2.30. The molecule has 0 spiro atoms. The average Bonchev–Trinajstić information content (AvgIpc) is 2.24. The van der Waals surface area contributed by atoms with Crippen LogP contribution in [0.3, 0.4) is 0 Å². The van der Waals surface area contributed by atoms with Crippen LogP contribution in [-0.2, 0) is 20.7 Å². The molecular weight excluding hydrogens is 344 g/mol. The lowest BCUT2D eigenvalue weighted by Crippen LogP contribution is -2.17. The van der Waals surface area contributed by atoms with Crippen molar-refractivity contribution in [2.45, 2.75) is 6.42 Å². The summed E-state index contributed by atoms with van der Waals surface area (Å²) in [7, 11) is 1.15. The van der Waals surface area contributed by atoms with E-state index in [9.17, 15) is 14.7 Å². The molecular formula is C10H8Br2O4. The highest BCUT2D eigenvalue weighted by Gasteiger charge is 2.17. The second kappa shape index (κ2) is 5.45. The molecule has 0 unspecified atom stereocenters. The lowest BCUT2D eigenvalue weighted by molar-refractivity contribution is -0.151. The van der Waals surface area contributed by atoms with Crippen LogP contribution in [0.15, 0.2) is 21.1 Å². The second-order valence-electron chi connectivity index (χ2n) is 2.99. The van der Waals surface area contributed by atoms with Gasteiger partial charge in [0.15, 0.2) is 0 Å². The summed E-state index contributed by atoms with van der Waals surface area (Å²) in [5, 5.41) is 9.44. The zero-order valence-electron chi connectivity index (χ0n) is 8.29. The lowest BCUT2D eigenvalue weighted by Gasteiger charge is -2.05. The number of esters is 1. The molecule has 1 aromatic carbocycles. The Morgan fingerprint density at radius 2 is 1.94 bits per heavy atom. The Balaban J connectivity index is 2.94. The second-order valence-corrected chi connectivity index (χ2v) is 4.70. The Bertz CT molecular complexity index is 443. The average molecular weight is 352 g/mol. The van der Waals surface area contributed by atoms with E-state index in [4.69, 9.17) is 0 Å². The predicted molar refractivity (Wildman–Crippen MR) is 64.2 cm³/mol. The van der Waals surface area contributed by atoms with E-state index in [1.165, 1.54) is 6.07 Å². The number of carbonyl (C=O) groups is 2. The highest BCUT2D eigenvalue weighted by atomic mass is 79.9. The van der Waals surface area contributed by atoms with Crippen molar-refractivity contribution < 1.29 is 19.4 Å². The van der Waals surface area contributed by atoms with Crippen LogP contribution in [0.25, 0.3) is 0 Å². The zero-order valence-corrected chi connectivity index (χ0v) is 11.5. The molecule has 0 saturated heterocycles. The molecule has 1 aromatic rings. The maximum atomic E-state index is 11.3. The van der Waals surface area contributed by atoms with Crippen molar-refractivity contribution in [3.63, 3.8) is 0 Å². The van der Waals surface area contributed by atoms with Crippen molar-refractivity contribution in [3.8, 4) is 5.75 Å². The van der Waals surface area contributed by atoms with Gasteiger partial charge in [0.25, 0.3) is 0 Å². The normalized spacial score (nSPS) is 9.94. The van der Waals surface area contributed by atoms with E-state index < -0.39 is 11.8 Å². The van der Waals surface area contributed by atoms with E-state index in [-0.39, 0.29) is 12.2 Å². The minimum atomic E-state index is -0.894. The van der Waals surface area contributed by atoms with Gasteiger partial charge in [-0.25, -0.2) is 4.79 Å². The van der Waals surface area contributed by atoms with Gasteiger partial charge in [0.1, 0.15) is 5.75 Å². The van der Waals surface area contributed by atoms with Crippen LogP contribution in [0.4, 0.5) is 0 Å². The third-order valence-corrected chi connectivity index (χ3v) is 3.25. The van der Waals surface area contributed by atoms with E-state index >= 15 is 0 Å². The molecule has 1 rings (SSSR count). The van der Waals surface area contributed by atoms with Crippen molar-refractivity contribution in [1.82, 2.24) is 0 Å². The number of aromatic hydroxyl groups is 1. The van der Waals surface area contributed by atoms with E-state index in [1.54, 1.807) is 6.07 Å². The van der Waals surface area contributed by atoms with Crippen LogP contribution in [0.1, 0.15) is 5.56 Å². The fourth-order valence-electron chi connectivity index (χ4n) is 1.08. The molecule has 0 bridgehead atoms. The molecule has 0 aliphatic carbocycles. The number of hydrogen-bond donors (Lipinski definition) is 1. The molecule has 0 aliphatic rings. The SMILES string of the molecule is COC(=O)C(=O)Cc1cc(O)c(Br)cc1Br. The van der Waals surface area contributed by atoms with E-state index in [0.29, 0.717) is 14.5 Å². The van der Waals surface area contributed by atoms with Crippen LogP contribution in [0.5, 0.6) is 5.75 Å². The summed E-state index contributed by atoms with van der Waals surface area (Å²) in [5.74, 6) is -1.55. The van der Waals surface area contributed by atoms with E-state index in [0.717, 1.165) is 7.11 Å². The fourth-order valence-corrected chi connectivity index (χ4v) is 2.21. The van der Waals surface area contributed by atoms with Crippen LogP contribution in [0.2, 0.25) is 0 Å². The molecule has 4 nitrogen and oxygen atoms in total. The monoisotopic (exact) mass is 350 g/mol. The standard InChI is InChI=1S/C10H8Br2O4/c1-16-10(15)9(14)3-5-2-8(13)7(12)4-6(5)11/h2,4,13H,3H2,1H3. The van der Waals surface area contributed by atoms with E-state index in [2.05, 4.69) is 36.6 Å². The summed E-state index contributed by atoms with van der Waals surface area (Å²) in [6, 6.07) is 3.02. The van der Waals surface area contributed by atoms with Gasteiger partial charge in [0.05, 0.1) is 11.6 Å². The largest absolute Gasteiger partial charge is 0.507 e. The summed E-state index contributed by atoms with van der Waals surface area (Å²) in [6.45, 7) is 0. The molecule has 0 heterocycles. The van der Waals surface area contributed by atoms with Crippen LogP contribution >= 0.6 is 31.9 Å². The van der Waals surface area contributed by atoms with Crippen molar-refractivity contribution in [2.75, 3.05) is 7.11 Å². The first-order valence-corrected chi connectivity index (χ1v) is 5.82. The molecule has 0 fully saturated rings. The first-order chi connectivity index (χ1) is 7.45. The van der Waals surface area contributed by atoms with Gasteiger partial charge in [0.2, 0.25) is 5.78 Å². The van der Waals surface area contributed by atoms with Crippen molar-refractivity contribution >= 4 is 43.6 Å². The molecule has 0 aromatic heterocycles. The number of methoxy groups -OCH3 is 1. The van der Waals surface area contributed by atoms with Crippen molar-refractivity contribution in [3.05, 3.63) is 26.6 Å². The third-order valence-electron chi connectivity index (χ3n) is 1.88. The Morgan fingerprint density at radius 1 is 1.31 bits per heavy atom. The summed E-state index contributed by atoms with van der Waals surface area (Å²) >= 11 is 6.37. The Morgan fingerprint density at radius 3 is 2.50 bits per heavy atom. The summed E-state index contributed by atoms with van der Waals surface area (Å²) in [6.07, 6.45) is -0.117. The van der Waals surface area contributed by atoms with Gasteiger partial charge in [-0.05, 0) is 33.6 Å². The maximum Gasteiger partial charge on any atom is 0.374 e. The van der Waals surface area contributed by atoms with E-state index in [1.807, 2.05) is 0 Å². The number of Topliss-reactive ketones (excluding diaryl/α,β-unsaturated/α-hetero) is 1. The number of benzene rings is 1. The number of ether oxygens (including phenoxy) is 1. The highest BCUT2D eigenvalue weighted by molar-refractivity contribution is 9.11. The molecule has 0 aliphatic heterocycles. The van der Waals surface area contributed by atoms with Crippen LogP contribution in [-0.4, -0.2) is 24.0 Å². The van der Waals surface area contributed by atoms with Gasteiger partial charge in [0, 0.05) is 10.9 Å². The number of hydrogen-bond acceptors (Lipinski definition) is 4. The smallest absolute Gasteiger partial charge is 0.374 e. The molecule has 86 valence electrons. The topological polar surface area (TPSA) is 63.6 Å². The molecule has 6 heteroatoms. The molecule has 16 heavy (non-hydrogen) atoms. The summed E-state index contributed by atoms with van der Waals surface area (Å²) in [5.41, 5.74) is 0.524. The fraction of sp³-hybridized carbons (Fsp3) is 0.200. The first kappa shape index (κ1) is 13.2. The van der Waals surface area contributed by atoms with Gasteiger partial charge in [-0.1, -0.05) is 15.9 Å². The van der Waals surface area contributed by atoms with Crippen molar-refractivity contribution in [2.24, 2.45) is 0 Å². The third kappa shape index (κ3) is 3.05. The van der Waals surface area contributed by atoms with Gasteiger partial charge in [-0.2, -0.15) is 0 Å². The molecule has 1 N–H and O–H groups in total. The summed E-state index contributed by atoms with van der Waals surface area (Å²) < 4.78 is 5.44. The Labute approximate surface area is 109 Å². The minimum Gasteiger partial charge on any atom is -0.507 e. The predicted octanol–water partition coefficient (Wildman–Crippen LogP) is 2.20. The molecule has 0 radical (unpaired) electrons. The zero-order chi connectivity index (χ0) is 12.3. The quantitative estimate of drug-likeness (QED) is 0.669. The van der Waals surface area contributed by atoms with Gasteiger partial charge < -0.3 is 9.84 Å². The van der Waals surface area contributed by atoms with Crippen LogP contribution < -0.4 is 0 Å². The van der Waals surface area contributed by atoms with Crippen LogP contribution in [0, 0.1) is 0 Å². The molecule has 0 saturated carbocycles. The number of ketones is 1. The van der Waals surface area contributed by atoms with Gasteiger partial charge in [-0.15, -0.1) is 0 Å². The molecule has 0 atom stereocenters. The van der Waals surface area contributed by atoms with Gasteiger partial charge in [-0.3, -0.25) is 4.79 Å². The Kier molecular flexibility index (Phi) is 4.49. The minimum absolute atomic E-state index is 0.0101. The lowest BCUT2D eigenvalue weighted by atomic mass is 10.1. The van der Waals surface area contributed by atoms with Crippen molar-refractivity contribution in [1.29, 1.82) is 0 Å². The number of carbonyl (C=O) groups excluding carboxylic acids is 2. The maximum absolute atomic E-state index is 11.3. The van der Waals surface area contributed by atoms with Gasteiger partial charge >= 0.3 is 5.97 Å². The first-order valence-electron chi connectivity index (χ1n) is 4.23. The molecule has 0 amide bonds. The number of halogens is 2. The number of phenols is 1.